The van der Waals surface area contributed by atoms with Gasteiger partial charge in [-0.25, -0.2) is 0 Å². The Kier molecular flexibility index (Phi) is 5.40. The fraction of sp³-hybridized carbons (Fsp3) is 1.00. The van der Waals surface area contributed by atoms with E-state index in [-0.39, 0.29) is 6.10 Å². The summed E-state index contributed by atoms with van der Waals surface area (Å²) in [7, 11) is 3.41. The van der Waals surface area contributed by atoms with Crippen molar-refractivity contribution >= 4 is 0 Å². The van der Waals surface area contributed by atoms with Gasteiger partial charge in [0.1, 0.15) is 0 Å². The summed E-state index contributed by atoms with van der Waals surface area (Å²) in [6.07, 6.45) is 3.56. The lowest BCUT2D eigenvalue weighted by atomic mass is 10.2. The van der Waals surface area contributed by atoms with Crippen LogP contribution in [0.5, 0.6) is 0 Å². The van der Waals surface area contributed by atoms with E-state index in [2.05, 4.69) is 5.32 Å². The summed E-state index contributed by atoms with van der Waals surface area (Å²) >= 11 is 0. The van der Waals surface area contributed by atoms with Crippen LogP contribution in [0, 0.1) is 0 Å². The third-order valence-corrected chi connectivity index (χ3v) is 2.79. The first kappa shape index (κ1) is 11.9. The van der Waals surface area contributed by atoms with Gasteiger partial charge in [0.2, 0.25) is 0 Å². The standard InChI is InChI=1S/C10H22N2O2/c1-13-7-10(14-2)6-12-9-4-3-8(11)5-9/h8-10,12H,3-7,11H2,1-2H3. The fourth-order valence-corrected chi connectivity index (χ4v) is 1.90. The largest absolute Gasteiger partial charge is 0.382 e. The van der Waals surface area contributed by atoms with Crippen LogP contribution in [0.4, 0.5) is 0 Å². The van der Waals surface area contributed by atoms with Gasteiger partial charge in [0, 0.05) is 32.8 Å². The number of hydrogen-bond donors (Lipinski definition) is 2. The predicted molar refractivity (Wildman–Crippen MR) is 56.3 cm³/mol. The Hall–Kier alpha value is -0.160. The number of nitrogens with two attached hydrogens (primary N) is 1. The van der Waals surface area contributed by atoms with Crippen LogP contribution in [0.1, 0.15) is 19.3 Å². The molecule has 0 bridgehead atoms. The van der Waals surface area contributed by atoms with Gasteiger partial charge in [-0.3, -0.25) is 0 Å². The van der Waals surface area contributed by atoms with Crippen LogP contribution >= 0.6 is 0 Å². The van der Waals surface area contributed by atoms with Gasteiger partial charge in [-0.05, 0) is 19.3 Å². The predicted octanol–water partition coefficient (Wildman–Crippen LogP) is 0.117. The molecule has 1 fully saturated rings. The zero-order valence-corrected chi connectivity index (χ0v) is 9.16. The van der Waals surface area contributed by atoms with Crippen LogP contribution in [-0.4, -0.2) is 45.6 Å². The molecule has 0 aromatic carbocycles. The first-order valence-corrected chi connectivity index (χ1v) is 5.27. The van der Waals surface area contributed by atoms with Crippen molar-refractivity contribution in [2.75, 3.05) is 27.4 Å². The summed E-state index contributed by atoms with van der Waals surface area (Å²) in [4.78, 5) is 0. The number of ether oxygens (including phenoxy) is 2. The van der Waals surface area contributed by atoms with Crippen molar-refractivity contribution in [1.29, 1.82) is 0 Å². The number of hydrogen-bond acceptors (Lipinski definition) is 4. The van der Waals surface area contributed by atoms with Gasteiger partial charge >= 0.3 is 0 Å². The molecule has 0 saturated heterocycles. The molecule has 4 heteroatoms. The van der Waals surface area contributed by atoms with Crippen molar-refractivity contribution in [3.05, 3.63) is 0 Å². The smallest absolute Gasteiger partial charge is 0.0928 e. The highest BCUT2D eigenvalue weighted by molar-refractivity contribution is 4.83. The lowest BCUT2D eigenvalue weighted by Gasteiger charge is -2.18. The van der Waals surface area contributed by atoms with Gasteiger partial charge in [0.25, 0.3) is 0 Å². The Balaban J connectivity index is 2.12. The van der Waals surface area contributed by atoms with Gasteiger partial charge in [0.15, 0.2) is 0 Å². The van der Waals surface area contributed by atoms with E-state index in [1.165, 1.54) is 6.42 Å². The number of rotatable bonds is 6. The zero-order chi connectivity index (χ0) is 10.4. The Morgan fingerprint density at radius 2 is 2.21 bits per heavy atom. The highest BCUT2D eigenvalue weighted by Gasteiger charge is 2.21. The van der Waals surface area contributed by atoms with Crippen molar-refractivity contribution in [2.24, 2.45) is 5.73 Å². The van der Waals surface area contributed by atoms with Gasteiger partial charge in [-0.1, -0.05) is 0 Å². The van der Waals surface area contributed by atoms with Gasteiger partial charge in [-0.2, -0.15) is 0 Å². The summed E-state index contributed by atoms with van der Waals surface area (Å²) in [6, 6.07) is 0.954. The highest BCUT2D eigenvalue weighted by Crippen LogP contribution is 2.16. The molecule has 1 saturated carbocycles. The quantitative estimate of drug-likeness (QED) is 0.642. The van der Waals surface area contributed by atoms with E-state index >= 15 is 0 Å². The maximum atomic E-state index is 5.83. The molecule has 0 amide bonds. The molecule has 1 rings (SSSR count). The van der Waals surface area contributed by atoms with Gasteiger partial charge < -0.3 is 20.5 Å². The molecule has 0 aliphatic heterocycles. The van der Waals surface area contributed by atoms with Crippen LogP contribution in [0.25, 0.3) is 0 Å². The summed E-state index contributed by atoms with van der Waals surface area (Å²) < 4.78 is 10.3. The van der Waals surface area contributed by atoms with Crippen LogP contribution in [0.3, 0.4) is 0 Å². The lowest BCUT2D eigenvalue weighted by Crippen LogP contribution is -2.37. The Labute approximate surface area is 86.1 Å². The minimum atomic E-state index is 0.150. The molecule has 84 valence electrons. The van der Waals surface area contributed by atoms with Crippen molar-refractivity contribution in [3.63, 3.8) is 0 Å². The molecule has 3 atom stereocenters. The average molecular weight is 202 g/mol. The van der Waals surface area contributed by atoms with E-state index in [9.17, 15) is 0 Å². The molecule has 0 aromatic rings. The van der Waals surface area contributed by atoms with Gasteiger partial charge in [-0.15, -0.1) is 0 Å². The fourth-order valence-electron chi connectivity index (χ4n) is 1.90. The molecule has 0 radical (unpaired) electrons. The molecule has 0 heterocycles. The summed E-state index contributed by atoms with van der Waals surface area (Å²) in [5, 5.41) is 3.46. The van der Waals surface area contributed by atoms with Crippen LogP contribution in [-0.2, 0) is 9.47 Å². The molecule has 1 aliphatic rings. The van der Waals surface area contributed by atoms with E-state index in [0.717, 1.165) is 19.4 Å². The molecule has 0 spiro atoms. The Bertz CT molecular complexity index is 151. The minimum Gasteiger partial charge on any atom is -0.382 e. The monoisotopic (exact) mass is 202 g/mol. The maximum Gasteiger partial charge on any atom is 0.0928 e. The summed E-state index contributed by atoms with van der Waals surface area (Å²) in [5.41, 5.74) is 5.83. The first-order chi connectivity index (χ1) is 6.76. The van der Waals surface area contributed by atoms with E-state index < -0.39 is 0 Å². The third-order valence-electron chi connectivity index (χ3n) is 2.79. The first-order valence-electron chi connectivity index (χ1n) is 5.27. The van der Waals surface area contributed by atoms with Crippen LogP contribution in [0.15, 0.2) is 0 Å². The van der Waals surface area contributed by atoms with E-state index in [1.54, 1.807) is 14.2 Å². The SMILES string of the molecule is COCC(CNC1CCC(N)C1)OC. The Morgan fingerprint density at radius 3 is 2.71 bits per heavy atom. The van der Waals surface area contributed by atoms with E-state index in [1.807, 2.05) is 0 Å². The lowest BCUT2D eigenvalue weighted by molar-refractivity contribution is 0.0274. The van der Waals surface area contributed by atoms with E-state index in [4.69, 9.17) is 15.2 Å². The third kappa shape index (κ3) is 3.92. The second kappa shape index (κ2) is 6.35. The molecule has 0 aromatic heterocycles. The molecule has 14 heavy (non-hydrogen) atoms. The average Bonchev–Trinajstić information content (AvgIpc) is 2.59. The van der Waals surface area contributed by atoms with Crippen molar-refractivity contribution in [1.82, 2.24) is 5.32 Å². The van der Waals surface area contributed by atoms with Crippen molar-refractivity contribution < 1.29 is 9.47 Å². The molecule has 1 aliphatic carbocycles. The van der Waals surface area contributed by atoms with Crippen molar-refractivity contribution in [2.45, 2.75) is 37.5 Å². The minimum absolute atomic E-state index is 0.150. The van der Waals surface area contributed by atoms with Crippen LogP contribution < -0.4 is 11.1 Å². The number of methoxy groups -OCH3 is 2. The topological polar surface area (TPSA) is 56.5 Å². The number of nitrogens with one attached hydrogen (secondary N) is 1. The Morgan fingerprint density at radius 1 is 1.43 bits per heavy atom. The molecule has 4 nitrogen and oxygen atoms in total. The zero-order valence-electron chi connectivity index (χ0n) is 9.16. The van der Waals surface area contributed by atoms with Crippen molar-refractivity contribution in [3.8, 4) is 0 Å². The molecular formula is C10H22N2O2. The summed E-state index contributed by atoms with van der Waals surface area (Å²) in [6.45, 7) is 1.49. The molecule has 3 N–H and O–H groups in total. The molecular weight excluding hydrogens is 180 g/mol. The van der Waals surface area contributed by atoms with E-state index in [0.29, 0.717) is 18.7 Å². The van der Waals surface area contributed by atoms with Crippen LogP contribution in [0.2, 0.25) is 0 Å². The maximum absolute atomic E-state index is 5.83. The second-order valence-corrected chi connectivity index (χ2v) is 3.99. The normalized spacial score (nSPS) is 29.4. The highest BCUT2D eigenvalue weighted by atomic mass is 16.5. The summed E-state index contributed by atoms with van der Waals surface area (Å²) in [5.74, 6) is 0. The second-order valence-electron chi connectivity index (χ2n) is 3.99. The van der Waals surface area contributed by atoms with Gasteiger partial charge in [0.05, 0.1) is 12.7 Å². The molecule has 3 unspecified atom stereocenters.